The van der Waals surface area contributed by atoms with E-state index in [1.54, 1.807) is 55.5 Å². The van der Waals surface area contributed by atoms with Gasteiger partial charge in [0, 0.05) is 24.7 Å². The van der Waals surface area contributed by atoms with E-state index < -0.39 is 42.4 Å². The van der Waals surface area contributed by atoms with Crippen LogP contribution in [-0.2, 0) is 28.4 Å². The highest BCUT2D eigenvalue weighted by Gasteiger charge is 2.73. The molecule has 168 valence electrons. The number of nitrogens with one attached hydrogen (secondary N) is 2. The van der Waals surface area contributed by atoms with E-state index in [9.17, 15) is 9.59 Å². The zero-order valence-corrected chi connectivity index (χ0v) is 17.2. The van der Waals surface area contributed by atoms with E-state index >= 15 is 0 Å². The zero-order valence-electron chi connectivity index (χ0n) is 17.2. The van der Waals surface area contributed by atoms with Gasteiger partial charge in [0.25, 0.3) is 5.97 Å². The number of amides is 2. The normalized spacial score (nSPS) is 31.8. The van der Waals surface area contributed by atoms with Gasteiger partial charge in [-0.05, 0) is 24.3 Å². The molecule has 2 aromatic carbocycles. The van der Waals surface area contributed by atoms with Crippen molar-refractivity contribution in [2.75, 3.05) is 17.2 Å². The van der Waals surface area contributed by atoms with Crippen LogP contribution in [0.1, 0.15) is 13.3 Å². The fraction of sp³-hybridized carbons (Fsp3) is 0.364. The average Bonchev–Trinajstić information content (AvgIpc) is 3.12. The number of carbonyl (C=O) groups is 2. The molecule has 0 aliphatic carbocycles. The summed E-state index contributed by atoms with van der Waals surface area (Å²) in [6.45, 7) is 1.56. The number of benzene rings is 2. The second-order valence-corrected chi connectivity index (χ2v) is 7.66. The monoisotopic (exact) mass is 442 g/mol. The van der Waals surface area contributed by atoms with Crippen LogP contribution in [0.2, 0.25) is 0 Å². The molecule has 4 aliphatic rings. The van der Waals surface area contributed by atoms with Gasteiger partial charge in [-0.1, -0.05) is 36.4 Å². The molecule has 10 heteroatoms. The smallest absolute Gasteiger partial charge is 0.412 e. The molecule has 0 radical (unpaired) electrons. The summed E-state index contributed by atoms with van der Waals surface area (Å²) in [4.78, 5) is 24.6. The molecule has 4 bridgehead atoms. The van der Waals surface area contributed by atoms with E-state index in [-0.39, 0.29) is 13.0 Å². The van der Waals surface area contributed by atoms with Gasteiger partial charge in [-0.15, -0.1) is 0 Å². The third-order valence-electron chi connectivity index (χ3n) is 5.31. The third kappa shape index (κ3) is 4.00. The number of ether oxygens (including phenoxy) is 6. The lowest BCUT2D eigenvalue weighted by Gasteiger charge is -2.44. The van der Waals surface area contributed by atoms with Crippen LogP contribution in [0.15, 0.2) is 60.7 Å². The Morgan fingerprint density at radius 2 is 1.53 bits per heavy atom. The summed E-state index contributed by atoms with van der Waals surface area (Å²) in [6, 6.07) is 17.8. The number of hydrogen-bond acceptors (Lipinski definition) is 8. The van der Waals surface area contributed by atoms with Gasteiger partial charge in [-0.3, -0.25) is 20.1 Å². The maximum absolute atomic E-state index is 12.5. The SMILES string of the molecule is CC12OC3OC(CCOC(=O)Nc4ccccc4)(O1)C(OC(=O)Nc1ccccc1)C3O2. The molecule has 6 rings (SSSR count). The van der Waals surface area contributed by atoms with E-state index in [1.807, 2.05) is 12.1 Å². The van der Waals surface area contributed by atoms with Crippen molar-refractivity contribution in [3.63, 3.8) is 0 Å². The molecule has 2 amide bonds. The van der Waals surface area contributed by atoms with E-state index in [2.05, 4.69) is 10.6 Å². The highest BCUT2D eigenvalue weighted by atomic mass is 17.0. The molecule has 4 aliphatic heterocycles. The van der Waals surface area contributed by atoms with Gasteiger partial charge < -0.3 is 18.9 Å². The second-order valence-electron chi connectivity index (χ2n) is 7.66. The first-order valence-corrected chi connectivity index (χ1v) is 10.2. The van der Waals surface area contributed by atoms with Crippen LogP contribution in [0, 0.1) is 0 Å². The molecular weight excluding hydrogens is 420 g/mol. The quantitative estimate of drug-likeness (QED) is 0.700. The maximum atomic E-state index is 12.5. The second kappa shape index (κ2) is 8.06. The molecule has 0 aromatic heterocycles. The van der Waals surface area contributed by atoms with Gasteiger partial charge in [0.05, 0.1) is 6.61 Å². The first kappa shape index (κ1) is 20.7. The van der Waals surface area contributed by atoms with E-state index in [4.69, 9.17) is 28.4 Å². The minimum absolute atomic E-state index is 0.0473. The predicted octanol–water partition coefficient (Wildman–Crippen LogP) is 3.41. The topological polar surface area (TPSA) is 114 Å². The van der Waals surface area contributed by atoms with Crippen LogP contribution in [0.3, 0.4) is 0 Å². The molecule has 5 atom stereocenters. The van der Waals surface area contributed by atoms with Crippen LogP contribution in [0.4, 0.5) is 21.0 Å². The Labute approximate surface area is 183 Å². The molecule has 4 heterocycles. The van der Waals surface area contributed by atoms with E-state index in [0.29, 0.717) is 11.4 Å². The van der Waals surface area contributed by atoms with Gasteiger partial charge in [-0.2, -0.15) is 0 Å². The van der Waals surface area contributed by atoms with E-state index in [1.165, 1.54) is 0 Å². The summed E-state index contributed by atoms with van der Waals surface area (Å²) in [7, 11) is 0. The zero-order chi connectivity index (χ0) is 22.2. The predicted molar refractivity (Wildman–Crippen MR) is 109 cm³/mol. The molecule has 5 unspecified atom stereocenters. The molecular formula is C22H22N2O8. The number of para-hydroxylation sites is 2. The first-order chi connectivity index (χ1) is 15.4. The maximum Gasteiger partial charge on any atom is 0.412 e. The third-order valence-corrected chi connectivity index (χ3v) is 5.31. The van der Waals surface area contributed by atoms with Crippen molar-refractivity contribution in [2.45, 2.75) is 43.6 Å². The lowest BCUT2D eigenvalue weighted by atomic mass is 10.0. The molecule has 0 saturated carbocycles. The minimum Gasteiger partial charge on any atom is -0.449 e. The number of rotatable bonds is 6. The summed E-state index contributed by atoms with van der Waals surface area (Å²) in [6.07, 6.45) is -3.57. The largest absolute Gasteiger partial charge is 0.449 e. The molecule has 10 nitrogen and oxygen atoms in total. The van der Waals surface area contributed by atoms with Crippen molar-refractivity contribution in [1.82, 2.24) is 0 Å². The van der Waals surface area contributed by atoms with Crippen molar-refractivity contribution in [3.8, 4) is 0 Å². The number of anilines is 2. The summed E-state index contributed by atoms with van der Waals surface area (Å²) in [5, 5.41) is 5.28. The van der Waals surface area contributed by atoms with Crippen LogP contribution in [-0.4, -0.2) is 49.1 Å². The fourth-order valence-corrected chi connectivity index (χ4v) is 4.02. The summed E-state index contributed by atoms with van der Waals surface area (Å²) >= 11 is 0. The van der Waals surface area contributed by atoms with Crippen LogP contribution in [0.25, 0.3) is 0 Å². The van der Waals surface area contributed by atoms with Gasteiger partial charge in [-0.25, -0.2) is 9.59 Å². The lowest BCUT2D eigenvalue weighted by molar-refractivity contribution is -0.496. The Morgan fingerprint density at radius 3 is 2.19 bits per heavy atom. The Kier molecular flexibility index (Phi) is 5.22. The van der Waals surface area contributed by atoms with Crippen LogP contribution in [0.5, 0.6) is 0 Å². The van der Waals surface area contributed by atoms with Gasteiger partial charge >= 0.3 is 12.2 Å². The van der Waals surface area contributed by atoms with E-state index in [0.717, 1.165) is 0 Å². The number of carbonyl (C=O) groups excluding carboxylic acids is 2. The molecule has 4 saturated heterocycles. The first-order valence-electron chi connectivity index (χ1n) is 10.2. The highest BCUT2D eigenvalue weighted by molar-refractivity contribution is 5.85. The minimum atomic E-state index is -1.37. The van der Waals surface area contributed by atoms with Crippen LogP contribution < -0.4 is 10.6 Å². The van der Waals surface area contributed by atoms with Crippen LogP contribution >= 0.6 is 0 Å². The number of hydrogen-bond donors (Lipinski definition) is 2. The summed E-state index contributed by atoms with van der Waals surface area (Å²) < 4.78 is 34.0. The van der Waals surface area contributed by atoms with Crippen molar-refractivity contribution in [2.24, 2.45) is 0 Å². The fourth-order valence-electron chi connectivity index (χ4n) is 4.02. The molecule has 2 aromatic rings. The Bertz CT molecular complexity index is 990. The Morgan fingerprint density at radius 1 is 0.906 bits per heavy atom. The van der Waals surface area contributed by atoms with Crippen molar-refractivity contribution in [1.29, 1.82) is 0 Å². The molecule has 32 heavy (non-hydrogen) atoms. The van der Waals surface area contributed by atoms with Crippen molar-refractivity contribution < 1.29 is 38.0 Å². The Balaban J connectivity index is 1.23. The Hall–Kier alpha value is -3.18. The van der Waals surface area contributed by atoms with Gasteiger partial charge in [0.15, 0.2) is 18.5 Å². The van der Waals surface area contributed by atoms with Crippen molar-refractivity contribution in [3.05, 3.63) is 60.7 Å². The van der Waals surface area contributed by atoms with Gasteiger partial charge in [0.2, 0.25) is 5.79 Å². The molecule has 2 N–H and O–H groups in total. The summed E-state index contributed by atoms with van der Waals surface area (Å²) in [5.41, 5.74) is 1.18. The molecule has 0 spiro atoms. The summed E-state index contributed by atoms with van der Waals surface area (Å²) in [5.74, 6) is -2.70. The van der Waals surface area contributed by atoms with Crippen molar-refractivity contribution >= 4 is 23.6 Å². The molecule has 4 fully saturated rings. The lowest BCUT2D eigenvalue weighted by Crippen LogP contribution is -2.60. The standard InChI is InChI=1S/C22H22N2O8/c1-21-29-16-17(28-20(26)24-15-10-6-3-7-11-15)22(32-21,31-18(16)30-21)12-13-27-19(25)23-14-8-4-2-5-9-14/h2-11,16-18H,12-13H2,1H3,(H,23,25)(H,24,26). The highest BCUT2D eigenvalue weighted by Crippen LogP contribution is 2.54. The average molecular weight is 442 g/mol. The van der Waals surface area contributed by atoms with Gasteiger partial charge in [0.1, 0.15) is 0 Å².